The fourth-order valence-electron chi connectivity index (χ4n) is 11.9. The van der Waals surface area contributed by atoms with Crippen LogP contribution >= 0.6 is 11.6 Å². The Kier molecular flexibility index (Phi) is 22.3. The first-order valence-electron chi connectivity index (χ1n) is 28.5. The summed E-state index contributed by atoms with van der Waals surface area (Å²) < 4.78 is 58.1. The fraction of sp³-hybridized carbons (Fsp3) is 0.776. The fourth-order valence-corrected chi connectivity index (χ4v) is 12.1. The normalized spacial score (nSPS) is 37.0. The van der Waals surface area contributed by atoms with Gasteiger partial charge in [-0.1, -0.05) is 44.5 Å². The number of pyridine rings is 1. The van der Waals surface area contributed by atoms with Gasteiger partial charge in [0.1, 0.15) is 47.4 Å². The molecule has 1 aliphatic carbocycles. The number of halogens is 1. The van der Waals surface area contributed by atoms with Gasteiger partial charge in [0, 0.05) is 49.6 Å². The number of carboxylic acid groups (broad SMARTS) is 1. The van der Waals surface area contributed by atoms with Crippen molar-refractivity contribution in [2.75, 3.05) is 41.0 Å². The van der Waals surface area contributed by atoms with Crippen LogP contribution in [-0.4, -0.2) is 190 Å². The van der Waals surface area contributed by atoms with E-state index in [1.807, 2.05) is 32.8 Å². The van der Waals surface area contributed by atoms with Crippen molar-refractivity contribution in [2.24, 2.45) is 28.8 Å². The van der Waals surface area contributed by atoms with Crippen LogP contribution in [-0.2, 0) is 52.3 Å². The molecule has 1 unspecified atom stereocenters. The summed E-state index contributed by atoms with van der Waals surface area (Å²) in [5.41, 5.74) is -5.19. The number of hydrogen-bond acceptors (Lipinski definition) is 20. The topological polar surface area (TPSA) is 282 Å². The molecule has 2 aromatic rings. The Bertz CT molecular complexity index is 2570. The number of carbonyl (C=O) groups is 3. The molecule has 1 aromatic heterocycles. The number of carbonyl (C=O) groups excluding carboxylic acids is 2. The van der Waals surface area contributed by atoms with Gasteiger partial charge in [0.2, 0.25) is 5.43 Å². The van der Waals surface area contributed by atoms with Crippen molar-refractivity contribution in [3.63, 3.8) is 0 Å². The molecule has 4 heterocycles. The van der Waals surface area contributed by atoms with Gasteiger partial charge in [-0.3, -0.25) is 14.4 Å². The number of fused-ring (bicyclic) bond motifs is 1. The lowest BCUT2D eigenvalue weighted by Crippen LogP contribution is -2.61. The standard InChI is InChI=1S/C58H90ClN3O19/c1-16-43-58(12,71)50(66)32(6)46(60-81-29(2)3)30(4)26-56(10,70)51(80-55-48(65)41(61(13)14)23-31(5)75-55)33(7)49(34(8)54(69)77-43)79-45-27-57(11,72-15)52(35(9)76-45)78-44(63)19-20-73-21-22-74-42-24-37-40(25-39(42)59)62(36-17-18-36)28-38(47(37)64)53(67)68/h24-25,28-36,41,43,45,48-52,55,65-66,70-71H,16-23,26-27H2,1-15H3,(H,67,68)/b60-46+/t30-,31-,32+,33+,34-,35+,41+,43-,45+,48-,49?,50-,51-,52+,55+,56-,57-,58-/m1/s1. The first-order valence-corrected chi connectivity index (χ1v) is 28.8. The van der Waals surface area contributed by atoms with Crippen LogP contribution in [0.15, 0.2) is 28.3 Å². The third-order valence-corrected chi connectivity index (χ3v) is 16.9. The molecule has 22 nitrogen and oxygen atoms in total. The van der Waals surface area contributed by atoms with E-state index < -0.39 is 119 Å². The molecule has 18 atom stereocenters. The van der Waals surface area contributed by atoms with Crippen molar-refractivity contribution in [1.29, 1.82) is 0 Å². The number of nitrogens with zero attached hydrogens (tertiary/aromatic N) is 3. The maximum Gasteiger partial charge on any atom is 0.341 e. The predicted octanol–water partition coefficient (Wildman–Crippen LogP) is 6.04. The number of cyclic esters (lactones) is 1. The van der Waals surface area contributed by atoms with Gasteiger partial charge in [0.05, 0.1) is 83.3 Å². The molecule has 4 fully saturated rings. The number of aliphatic hydroxyl groups is 4. The molecule has 4 aliphatic rings. The highest BCUT2D eigenvalue weighted by Crippen LogP contribution is 2.43. The van der Waals surface area contributed by atoms with Crippen LogP contribution in [0.4, 0.5) is 0 Å². The second kappa shape index (κ2) is 27.3. The Balaban J connectivity index is 1.20. The minimum atomic E-state index is -2.00. The van der Waals surface area contributed by atoms with Crippen molar-refractivity contribution in [2.45, 2.75) is 224 Å². The Morgan fingerprint density at radius 1 is 0.938 bits per heavy atom. The number of carboxylic acids is 1. The molecular formula is C58H90ClN3O19. The zero-order valence-corrected chi connectivity index (χ0v) is 50.5. The average Bonchev–Trinajstić information content (AvgIpc) is 4.42. The van der Waals surface area contributed by atoms with E-state index in [1.54, 1.807) is 72.9 Å². The number of oxime groups is 1. The van der Waals surface area contributed by atoms with Crippen molar-refractivity contribution >= 4 is 46.1 Å². The maximum atomic E-state index is 14.7. The van der Waals surface area contributed by atoms with Crippen molar-refractivity contribution in [1.82, 2.24) is 9.47 Å². The minimum Gasteiger partial charge on any atom is -0.490 e. The number of ether oxygens (including phenoxy) is 9. The van der Waals surface area contributed by atoms with Gasteiger partial charge in [-0.15, -0.1) is 0 Å². The molecule has 0 spiro atoms. The van der Waals surface area contributed by atoms with E-state index in [2.05, 4.69) is 5.16 Å². The molecular weight excluding hydrogens is 1080 g/mol. The van der Waals surface area contributed by atoms with Crippen molar-refractivity contribution < 1.29 is 87.4 Å². The summed E-state index contributed by atoms with van der Waals surface area (Å²) in [7, 11) is 5.16. The first kappa shape index (κ1) is 66.1. The monoisotopic (exact) mass is 1170 g/mol. The number of benzene rings is 1. The molecule has 0 bridgehead atoms. The molecule has 6 rings (SSSR count). The average molecular weight is 1170 g/mol. The van der Waals surface area contributed by atoms with E-state index in [1.165, 1.54) is 26.3 Å². The molecule has 0 radical (unpaired) electrons. The highest BCUT2D eigenvalue weighted by atomic mass is 35.5. The smallest absolute Gasteiger partial charge is 0.341 e. The highest BCUT2D eigenvalue weighted by molar-refractivity contribution is 6.32. The van der Waals surface area contributed by atoms with Crippen LogP contribution in [0, 0.1) is 23.7 Å². The van der Waals surface area contributed by atoms with Crippen molar-refractivity contribution in [3.05, 3.63) is 39.1 Å². The number of hydrogen-bond donors (Lipinski definition) is 5. The Morgan fingerprint density at radius 3 is 2.22 bits per heavy atom. The molecule has 1 saturated carbocycles. The number of aliphatic hydroxyl groups excluding tert-OH is 2. The van der Waals surface area contributed by atoms with Crippen LogP contribution in [0.5, 0.6) is 5.75 Å². The van der Waals surface area contributed by atoms with E-state index in [9.17, 15) is 44.7 Å². The lowest BCUT2D eigenvalue weighted by Gasteiger charge is -2.49. The van der Waals surface area contributed by atoms with E-state index in [4.69, 9.17) is 59.1 Å². The van der Waals surface area contributed by atoms with Crippen LogP contribution in [0.1, 0.15) is 144 Å². The van der Waals surface area contributed by atoms with Crippen LogP contribution in [0.2, 0.25) is 5.02 Å². The lowest BCUT2D eigenvalue weighted by molar-refractivity contribution is -0.318. The molecule has 5 N–H and O–H groups in total. The summed E-state index contributed by atoms with van der Waals surface area (Å²) in [5, 5.41) is 63.5. The van der Waals surface area contributed by atoms with Gasteiger partial charge in [-0.25, -0.2) is 4.79 Å². The van der Waals surface area contributed by atoms with Gasteiger partial charge in [-0.05, 0) is 114 Å². The van der Waals surface area contributed by atoms with Gasteiger partial charge in [0.25, 0.3) is 0 Å². The van der Waals surface area contributed by atoms with Crippen molar-refractivity contribution in [3.8, 4) is 5.75 Å². The summed E-state index contributed by atoms with van der Waals surface area (Å²) in [6.07, 6.45) is -7.79. The van der Waals surface area contributed by atoms with Gasteiger partial charge in [-0.2, -0.15) is 0 Å². The largest absolute Gasteiger partial charge is 0.490 e. The zero-order chi connectivity index (χ0) is 60.2. The number of esters is 2. The number of methoxy groups -OCH3 is 1. The van der Waals surface area contributed by atoms with E-state index in [0.29, 0.717) is 17.6 Å². The van der Waals surface area contributed by atoms with E-state index in [0.717, 1.165) is 12.8 Å². The third-order valence-electron chi connectivity index (χ3n) is 16.6. The van der Waals surface area contributed by atoms with Crippen LogP contribution in [0.3, 0.4) is 0 Å². The van der Waals surface area contributed by atoms with Crippen LogP contribution < -0.4 is 10.2 Å². The number of aromatic carboxylic acids is 1. The second-order valence-electron chi connectivity index (χ2n) is 24.0. The molecule has 3 saturated heterocycles. The predicted molar refractivity (Wildman–Crippen MR) is 298 cm³/mol. The lowest BCUT2D eigenvalue weighted by atomic mass is 9.73. The summed E-state index contributed by atoms with van der Waals surface area (Å²) in [6, 6.07) is 2.73. The SMILES string of the molecule is CC[C@H]1OC(=O)[C@H](C)C(O[C@H]2C[C@@](C)(OC)[C@@H](OC(=O)CCOCCOc3cc4c(=O)c(C(=O)O)cn(C5CC5)c4cc3Cl)[C@H](C)O2)[C@H](C)[C@@H](O[C@@H]2O[C@H](C)C[C@H](N(C)C)[C@H]2O)[C@](C)(O)C[C@@H](C)/C(=N\OC(C)C)[C@H](C)[C@@H](O)[C@]1(C)O. The Morgan fingerprint density at radius 2 is 1.62 bits per heavy atom. The Hall–Kier alpha value is -4.04. The molecule has 81 heavy (non-hydrogen) atoms. The summed E-state index contributed by atoms with van der Waals surface area (Å²) >= 11 is 6.56. The molecule has 23 heteroatoms. The number of rotatable bonds is 19. The number of aromatic nitrogens is 1. The second-order valence-corrected chi connectivity index (χ2v) is 24.4. The minimum absolute atomic E-state index is 0.00962. The zero-order valence-electron chi connectivity index (χ0n) is 49.8. The molecule has 3 aliphatic heterocycles. The maximum absolute atomic E-state index is 14.7. The summed E-state index contributed by atoms with van der Waals surface area (Å²) in [5.74, 6) is -6.12. The van der Waals surface area contributed by atoms with Gasteiger partial charge >= 0.3 is 17.9 Å². The first-order chi connectivity index (χ1) is 37.9. The van der Waals surface area contributed by atoms with Crippen LogP contribution in [0.25, 0.3) is 10.9 Å². The Labute approximate surface area is 480 Å². The highest BCUT2D eigenvalue weighted by Gasteiger charge is 2.54. The quantitative estimate of drug-likeness (QED) is 0.0609. The summed E-state index contributed by atoms with van der Waals surface area (Å²) in [6.45, 7) is 20.4. The molecule has 1 aromatic carbocycles. The third kappa shape index (κ3) is 15.5. The molecule has 458 valence electrons. The molecule has 0 amide bonds. The number of likely N-dealkylation sites (N-methyl/N-ethyl adjacent to an activating group) is 1. The van der Waals surface area contributed by atoms with Gasteiger partial charge in [0.15, 0.2) is 18.7 Å². The summed E-state index contributed by atoms with van der Waals surface area (Å²) in [4.78, 5) is 60.8. The van der Waals surface area contributed by atoms with E-state index in [-0.39, 0.29) is 91.5 Å². The van der Waals surface area contributed by atoms with Gasteiger partial charge < -0.3 is 82.5 Å². The van der Waals surface area contributed by atoms with E-state index >= 15 is 0 Å².